The number of rotatable bonds is 7. The third kappa shape index (κ3) is 7.28. The molecule has 0 saturated carbocycles. The summed E-state index contributed by atoms with van der Waals surface area (Å²) in [6, 6.07) is 0. The van der Waals surface area contributed by atoms with Crippen molar-refractivity contribution < 1.29 is 43.9 Å². The van der Waals surface area contributed by atoms with Gasteiger partial charge in [0.1, 0.15) is 5.50 Å². The zero-order valence-electron chi connectivity index (χ0n) is 11.2. The Morgan fingerprint density at radius 2 is 1.32 bits per heavy atom. The highest BCUT2D eigenvalue weighted by molar-refractivity contribution is 7.80. The molecule has 0 nitrogen and oxygen atoms in total. The summed E-state index contributed by atoms with van der Waals surface area (Å²) in [6.07, 6.45) is -17.5. The van der Waals surface area contributed by atoms with Crippen LogP contribution in [0.15, 0.2) is 0 Å². The third-order valence-corrected chi connectivity index (χ3v) is 3.24. The largest absolute Gasteiger partial charge is 0.422 e. The van der Waals surface area contributed by atoms with Crippen LogP contribution >= 0.6 is 12.6 Å². The maximum Gasteiger partial charge on any atom is 0.422 e. The molecular weight excluding hydrogens is 354 g/mol. The molecule has 134 valence electrons. The Labute approximate surface area is 125 Å². The molecule has 0 aliphatic carbocycles. The van der Waals surface area contributed by atoms with Gasteiger partial charge in [0.05, 0.1) is 5.92 Å². The Bertz CT molecular complexity index is 344. The van der Waals surface area contributed by atoms with Gasteiger partial charge in [0.25, 0.3) is 0 Å². The molecule has 0 amide bonds. The van der Waals surface area contributed by atoms with Crippen LogP contribution < -0.4 is 0 Å². The van der Waals surface area contributed by atoms with Gasteiger partial charge in [-0.25, -0.2) is 17.6 Å². The van der Waals surface area contributed by atoms with E-state index in [0.29, 0.717) is 0 Å². The summed E-state index contributed by atoms with van der Waals surface area (Å²) in [5.41, 5.74) is -6.27. The zero-order valence-corrected chi connectivity index (χ0v) is 12.1. The number of hydrogen-bond acceptors (Lipinski definition) is 1. The molecule has 3 atom stereocenters. The summed E-state index contributed by atoms with van der Waals surface area (Å²) < 4.78 is 127. The van der Waals surface area contributed by atoms with Gasteiger partial charge in [-0.15, -0.1) is 12.6 Å². The number of thiol groups is 1. The van der Waals surface area contributed by atoms with Crippen LogP contribution in [0.1, 0.15) is 32.6 Å². The second kappa shape index (κ2) is 7.04. The first kappa shape index (κ1) is 21.6. The van der Waals surface area contributed by atoms with Crippen molar-refractivity contribution in [2.24, 2.45) is 5.92 Å². The lowest BCUT2D eigenvalue weighted by molar-refractivity contribution is -0.254. The van der Waals surface area contributed by atoms with E-state index in [1.807, 2.05) is 0 Å². The Hall–Kier alpha value is -0.350. The molecule has 0 radical (unpaired) electrons. The van der Waals surface area contributed by atoms with Gasteiger partial charge in [0, 0.05) is 19.3 Å². The van der Waals surface area contributed by atoms with Crippen LogP contribution in [-0.2, 0) is 0 Å². The smallest absolute Gasteiger partial charge is 0.236 e. The van der Waals surface area contributed by atoms with E-state index in [4.69, 9.17) is 0 Å². The molecule has 3 unspecified atom stereocenters. The van der Waals surface area contributed by atoms with E-state index >= 15 is 0 Å². The predicted octanol–water partition coefficient (Wildman–Crippen LogP) is 5.88. The molecule has 0 N–H and O–H groups in total. The van der Waals surface area contributed by atoms with Crippen molar-refractivity contribution in [3.05, 3.63) is 0 Å². The highest BCUT2D eigenvalue weighted by Crippen LogP contribution is 2.46. The molecule has 0 aromatic carbocycles. The van der Waals surface area contributed by atoms with E-state index in [2.05, 4.69) is 12.6 Å². The highest BCUT2D eigenvalue weighted by atomic mass is 32.1. The van der Waals surface area contributed by atoms with E-state index in [1.165, 1.54) is 0 Å². The van der Waals surface area contributed by atoms with Crippen LogP contribution in [-0.4, -0.2) is 29.4 Å². The fraction of sp³-hybridized carbons (Fsp3) is 1.00. The maximum absolute atomic E-state index is 13.3. The van der Waals surface area contributed by atoms with Crippen LogP contribution in [0.25, 0.3) is 0 Å². The number of halogens is 10. The van der Waals surface area contributed by atoms with E-state index in [0.717, 1.165) is 0 Å². The SMILES string of the molecule is CC(F)(CC(CC(F)(F)CCC(F)S)C(F)(F)F)C(F)(F)F. The quantitative estimate of drug-likeness (QED) is 0.421. The van der Waals surface area contributed by atoms with Gasteiger partial charge in [0.15, 0.2) is 0 Å². The minimum absolute atomic E-state index is 0.144. The summed E-state index contributed by atoms with van der Waals surface area (Å²) in [6.45, 7) is -0.144. The molecule has 0 aliphatic heterocycles. The first-order valence-corrected chi connectivity index (χ1v) is 6.52. The lowest BCUT2D eigenvalue weighted by Gasteiger charge is -2.31. The van der Waals surface area contributed by atoms with Gasteiger partial charge in [-0.1, -0.05) is 0 Å². The van der Waals surface area contributed by atoms with E-state index in [1.54, 1.807) is 0 Å². The molecule has 0 spiro atoms. The normalized spacial score (nSPS) is 19.6. The molecule has 0 heterocycles. The lowest BCUT2D eigenvalue weighted by Crippen LogP contribution is -2.43. The summed E-state index contributed by atoms with van der Waals surface area (Å²) in [5.74, 6) is -7.30. The number of alkyl halides is 10. The predicted molar refractivity (Wildman–Crippen MR) is 62.4 cm³/mol. The Kier molecular flexibility index (Phi) is 6.93. The molecule has 0 aromatic heterocycles. The first-order chi connectivity index (χ1) is 9.48. The van der Waals surface area contributed by atoms with Gasteiger partial charge in [-0.3, -0.25) is 0 Å². The summed E-state index contributed by atoms with van der Waals surface area (Å²) in [5, 5.41) is 0. The Morgan fingerprint density at radius 3 is 1.64 bits per heavy atom. The van der Waals surface area contributed by atoms with E-state index in [-0.39, 0.29) is 6.92 Å². The molecular formula is C11H14F10S. The molecule has 0 aliphatic rings. The standard InChI is InChI=1S/C11H14F10S/c1-8(13,11(19,20)21)4-6(10(16,17)18)5-9(14,15)3-2-7(12)22/h6-7,22H,2-5H2,1H3. The van der Waals surface area contributed by atoms with Crippen molar-refractivity contribution in [3.8, 4) is 0 Å². The van der Waals surface area contributed by atoms with Crippen molar-refractivity contribution in [1.82, 2.24) is 0 Å². The van der Waals surface area contributed by atoms with Crippen molar-refractivity contribution in [2.75, 3.05) is 0 Å². The summed E-state index contributed by atoms with van der Waals surface area (Å²) in [7, 11) is 0. The van der Waals surface area contributed by atoms with Crippen LogP contribution in [0.3, 0.4) is 0 Å². The fourth-order valence-corrected chi connectivity index (χ4v) is 1.80. The molecule has 11 heteroatoms. The van der Waals surface area contributed by atoms with Gasteiger partial charge >= 0.3 is 12.4 Å². The van der Waals surface area contributed by atoms with Crippen LogP contribution in [0.4, 0.5) is 43.9 Å². The van der Waals surface area contributed by atoms with Crippen molar-refractivity contribution in [3.63, 3.8) is 0 Å². The van der Waals surface area contributed by atoms with Crippen molar-refractivity contribution in [1.29, 1.82) is 0 Å². The highest BCUT2D eigenvalue weighted by Gasteiger charge is 2.57. The summed E-state index contributed by atoms with van der Waals surface area (Å²) >= 11 is 3.13. The minimum atomic E-state index is -5.62. The average Bonchev–Trinajstić information content (AvgIpc) is 2.22. The molecule has 0 aromatic rings. The summed E-state index contributed by atoms with van der Waals surface area (Å²) in [4.78, 5) is 0. The van der Waals surface area contributed by atoms with Crippen LogP contribution in [0.2, 0.25) is 0 Å². The monoisotopic (exact) mass is 368 g/mol. The lowest BCUT2D eigenvalue weighted by atomic mass is 9.87. The molecule has 0 fully saturated rings. The van der Waals surface area contributed by atoms with Gasteiger partial charge in [0.2, 0.25) is 11.6 Å². The third-order valence-electron chi connectivity index (χ3n) is 2.98. The maximum atomic E-state index is 13.3. The molecule has 22 heavy (non-hydrogen) atoms. The first-order valence-electron chi connectivity index (χ1n) is 6.00. The average molecular weight is 368 g/mol. The fourth-order valence-electron chi connectivity index (χ4n) is 1.67. The molecule has 0 bridgehead atoms. The Balaban J connectivity index is 5.10. The van der Waals surface area contributed by atoms with Gasteiger partial charge in [-0.05, 0) is 13.3 Å². The van der Waals surface area contributed by atoms with Gasteiger partial charge in [-0.2, -0.15) is 26.3 Å². The number of hydrogen-bond donors (Lipinski definition) is 1. The Morgan fingerprint density at radius 1 is 0.864 bits per heavy atom. The zero-order chi connectivity index (χ0) is 18.0. The van der Waals surface area contributed by atoms with Gasteiger partial charge < -0.3 is 0 Å². The van der Waals surface area contributed by atoms with Crippen molar-refractivity contribution in [2.45, 2.75) is 62.1 Å². The van der Waals surface area contributed by atoms with Crippen LogP contribution in [0, 0.1) is 5.92 Å². The second-order valence-corrected chi connectivity index (χ2v) is 5.73. The minimum Gasteiger partial charge on any atom is -0.236 e. The second-order valence-electron chi connectivity index (χ2n) is 5.17. The molecule has 0 rings (SSSR count). The van der Waals surface area contributed by atoms with Crippen molar-refractivity contribution >= 4 is 12.6 Å². The van der Waals surface area contributed by atoms with Crippen LogP contribution in [0.5, 0.6) is 0 Å². The molecule has 0 saturated heterocycles. The van der Waals surface area contributed by atoms with E-state index < -0.39 is 61.0 Å². The van der Waals surface area contributed by atoms with E-state index in [9.17, 15) is 43.9 Å². The topological polar surface area (TPSA) is 0 Å².